The summed E-state index contributed by atoms with van der Waals surface area (Å²) in [6.45, 7) is 2.31. The lowest BCUT2D eigenvalue weighted by Gasteiger charge is -2.15. The van der Waals surface area contributed by atoms with Crippen molar-refractivity contribution in [3.05, 3.63) is 65.7 Å². The number of hydrogen-bond acceptors (Lipinski definition) is 4. The number of nitrogens with one attached hydrogen (secondary N) is 1. The van der Waals surface area contributed by atoms with Gasteiger partial charge in [-0.1, -0.05) is 36.4 Å². The van der Waals surface area contributed by atoms with E-state index in [-0.39, 0.29) is 23.3 Å². The van der Waals surface area contributed by atoms with Gasteiger partial charge in [-0.25, -0.2) is 4.79 Å². The summed E-state index contributed by atoms with van der Waals surface area (Å²) >= 11 is 0. The summed E-state index contributed by atoms with van der Waals surface area (Å²) in [5.41, 5.74) is 2.37. The molecule has 6 heteroatoms. The standard InChI is InChI=1S/C23H23NO5/c1-14(13-28-2)24-22(25)19-9-5-7-17-16(6-4-8-18(17)19)15-10-11-20(23(26)27)21(12-15)29-3/h4-12,14H,13H2,1-3H3,(H,24,25)(H,26,27). The molecular formula is C23H23NO5. The number of carbonyl (C=O) groups excluding carboxylic acids is 1. The maximum atomic E-state index is 12.8. The fourth-order valence-corrected chi connectivity index (χ4v) is 3.39. The monoisotopic (exact) mass is 393 g/mol. The Morgan fingerprint density at radius 1 is 1.00 bits per heavy atom. The molecule has 29 heavy (non-hydrogen) atoms. The second kappa shape index (κ2) is 8.75. The number of carboxylic acids is 1. The number of methoxy groups -OCH3 is 2. The van der Waals surface area contributed by atoms with Crippen LogP contribution in [0.15, 0.2) is 54.6 Å². The summed E-state index contributed by atoms with van der Waals surface area (Å²) in [7, 11) is 3.04. The van der Waals surface area contributed by atoms with Crippen molar-refractivity contribution in [2.45, 2.75) is 13.0 Å². The molecule has 0 saturated carbocycles. The zero-order valence-electron chi connectivity index (χ0n) is 16.6. The second-order valence-corrected chi connectivity index (χ2v) is 6.76. The molecule has 2 N–H and O–H groups in total. The maximum absolute atomic E-state index is 12.8. The van der Waals surface area contributed by atoms with Crippen molar-refractivity contribution in [2.75, 3.05) is 20.8 Å². The van der Waals surface area contributed by atoms with Crippen molar-refractivity contribution < 1.29 is 24.2 Å². The van der Waals surface area contributed by atoms with Crippen LogP contribution in [0.5, 0.6) is 5.75 Å². The van der Waals surface area contributed by atoms with E-state index in [0.717, 1.165) is 21.9 Å². The van der Waals surface area contributed by atoms with Gasteiger partial charge in [0.2, 0.25) is 0 Å². The molecule has 0 aliphatic rings. The molecule has 3 aromatic carbocycles. The van der Waals surface area contributed by atoms with Crippen LogP contribution in [-0.4, -0.2) is 43.9 Å². The molecule has 1 amide bonds. The normalized spacial score (nSPS) is 11.8. The van der Waals surface area contributed by atoms with Gasteiger partial charge in [-0.15, -0.1) is 0 Å². The lowest BCUT2D eigenvalue weighted by atomic mass is 9.94. The van der Waals surface area contributed by atoms with Gasteiger partial charge >= 0.3 is 5.97 Å². The molecular weight excluding hydrogens is 370 g/mol. The number of carbonyl (C=O) groups is 2. The van der Waals surface area contributed by atoms with Gasteiger partial charge in [0, 0.05) is 18.7 Å². The number of benzene rings is 3. The smallest absolute Gasteiger partial charge is 0.339 e. The first-order valence-electron chi connectivity index (χ1n) is 9.19. The molecule has 0 aliphatic heterocycles. The van der Waals surface area contributed by atoms with Crippen LogP contribution in [0.4, 0.5) is 0 Å². The molecule has 0 radical (unpaired) electrons. The third-order valence-electron chi connectivity index (χ3n) is 4.70. The predicted molar refractivity (Wildman–Crippen MR) is 112 cm³/mol. The van der Waals surface area contributed by atoms with Gasteiger partial charge < -0.3 is 19.9 Å². The van der Waals surface area contributed by atoms with E-state index < -0.39 is 5.97 Å². The number of rotatable bonds is 7. The largest absolute Gasteiger partial charge is 0.496 e. The van der Waals surface area contributed by atoms with Gasteiger partial charge in [0.15, 0.2) is 0 Å². The van der Waals surface area contributed by atoms with Crippen molar-refractivity contribution >= 4 is 22.6 Å². The lowest BCUT2D eigenvalue weighted by Crippen LogP contribution is -2.35. The van der Waals surface area contributed by atoms with Crippen LogP contribution in [-0.2, 0) is 4.74 Å². The van der Waals surface area contributed by atoms with Crippen LogP contribution in [0.3, 0.4) is 0 Å². The maximum Gasteiger partial charge on any atom is 0.339 e. The average Bonchev–Trinajstić information content (AvgIpc) is 2.72. The zero-order valence-corrected chi connectivity index (χ0v) is 16.6. The Morgan fingerprint density at radius 3 is 2.41 bits per heavy atom. The van der Waals surface area contributed by atoms with Crippen molar-refractivity contribution in [3.63, 3.8) is 0 Å². The number of amides is 1. The van der Waals surface area contributed by atoms with E-state index in [0.29, 0.717) is 12.2 Å². The van der Waals surface area contributed by atoms with Crippen molar-refractivity contribution in [2.24, 2.45) is 0 Å². The Balaban J connectivity index is 2.08. The van der Waals surface area contributed by atoms with E-state index >= 15 is 0 Å². The molecule has 6 nitrogen and oxygen atoms in total. The van der Waals surface area contributed by atoms with Crippen LogP contribution in [0, 0.1) is 0 Å². The highest BCUT2D eigenvalue weighted by Gasteiger charge is 2.16. The van der Waals surface area contributed by atoms with E-state index in [9.17, 15) is 14.7 Å². The van der Waals surface area contributed by atoms with E-state index in [4.69, 9.17) is 9.47 Å². The van der Waals surface area contributed by atoms with Crippen LogP contribution in [0.1, 0.15) is 27.6 Å². The van der Waals surface area contributed by atoms with Crippen molar-refractivity contribution in [1.29, 1.82) is 0 Å². The Kier molecular flexibility index (Phi) is 6.14. The number of aromatic carboxylic acids is 1. The van der Waals surface area contributed by atoms with E-state index in [1.807, 2.05) is 37.3 Å². The fourth-order valence-electron chi connectivity index (χ4n) is 3.39. The molecule has 0 bridgehead atoms. The molecule has 3 aromatic rings. The number of carboxylic acid groups (broad SMARTS) is 1. The summed E-state index contributed by atoms with van der Waals surface area (Å²) in [4.78, 5) is 24.1. The van der Waals surface area contributed by atoms with E-state index in [1.165, 1.54) is 13.2 Å². The second-order valence-electron chi connectivity index (χ2n) is 6.76. The molecule has 3 rings (SSSR count). The summed E-state index contributed by atoms with van der Waals surface area (Å²) < 4.78 is 10.3. The lowest BCUT2D eigenvalue weighted by molar-refractivity contribution is 0.0693. The molecule has 0 saturated heterocycles. The van der Waals surface area contributed by atoms with Gasteiger partial charge in [-0.3, -0.25) is 4.79 Å². The Hall–Kier alpha value is -3.38. The molecule has 1 unspecified atom stereocenters. The first-order chi connectivity index (χ1) is 14.0. The average molecular weight is 393 g/mol. The van der Waals surface area contributed by atoms with Gasteiger partial charge in [0.05, 0.1) is 13.7 Å². The molecule has 0 fully saturated rings. The number of fused-ring (bicyclic) bond motifs is 1. The topological polar surface area (TPSA) is 84.9 Å². The summed E-state index contributed by atoms with van der Waals surface area (Å²) in [6, 6.07) is 16.1. The summed E-state index contributed by atoms with van der Waals surface area (Å²) in [6.07, 6.45) is 0. The van der Waals surface area contributed by atoms with E-state index in [2.05, 4.69) is 5.32 Å². The highest BCUT2D eigenvalue weighted by molar-refractivity contribution is 6.10. The minimum absolute atomic E-state index is 0.101. The summed E-state index contributed by atoms with van der Waals surface area (Å²) in [5, 5.41) is 13.9. The highest BCUT2D eigenvalue weighted by Crippen LogP contribution is 2.33. The number of hydrogen-bond donors (Lipinski definition) is 2. The van der Waals surface area contributed by atoms with Crippen LogP contribution in [0.25, 0.3) is 21.9 Å². The minimum atomic E-state index is -1.05. The first kappa shape index (κ1) is 20.4. The predicted octanol–water partition coefficient (Wildman–Crippen LogP) is 3.98. The molecule has 0 aromatic heterocycles. The third-order valence-corrected chi connectivity index (χ3v) is 4.70. The van der Waals surface area contributed by atoms with Gasteiger partial charge in [0.25, 0.3) is 5.91 Å². The van der Waals surface area contributed by atoms with Crippen molar-refractivity contribution in [1.82, 2.24) is 5.32 Å². The Morgan fingerprint density at radius 2 is 1.72 bits per heavy atom. The van der Waals surface area contributed by atoms with Crippen LogP contribution in [0.2, 0.25) is 0 Å². The minimum Gasteiger partial charge on any atom is -0.496 e. The number of ether oxygens (including phenoxy) is 2. The quantitative estimate of drug-likeness (QED) is 0.634. The third kappa shape index (κ3) is 4.22. The van der Waals surface area contributed by atoms with Gasteiger partial charge in [-0.2, -0.15) is 0 Å². The SMILES string of the molecule is COCC(C)NC(=O)c1cccc2c(-c3ccc(C(=O)O)c(OC)c3)cccc12. The molecule has 1 atom stereocenters. The summed E-state index contributed by atoms with van der Waals surface area (Å²) in [5.74, 6) is -0.930. The zero-order chi connectivity index (χ0) is 21.0. The Labute approximate surface area is 169 Å². The van der Waals surface area contributed by atoms with Gasteiger partial charge in [-0.05, 0) is 47.0 Å². The highest BCUT2D eigenvalue weighted by atomic mass is 16.5. The fraction of sp³-hybridized carbons (Fsp3) is 0.217. The molecule has 150 valence electrons. The van der Waals surface area contributed by atoms with Crippen LogP contribution < -0.4 is 10.1 Å². The van der Waals surface area contributed by atoms with Crippen LogP contribution >= 0.6 is 0 Å². The molecule has 0 spiro atoms. The molecule has 0 aliphatic carbocycles. The van der Waals surface area contributed by atoms with Crippen molar-refractivity contribution in [3.8, 4) is 16.9 Å². The Bertz CT molecular complexity index is 1060. The first-order valence-corrected chi connectivity index (χ1v) is 9.19. The van der Waals surface area contributed by atoms with E-state index in [1.54, 1.807) is 25.3 Å². The van der Waals surface area contributed by atoms with Gasteiger partial charge in [0.1, 0.15) is 11.3 Å². The molecule has 0 heterocycles.